The van der Waals surface area contributed by atoms with Crippen molar-refractivity contribution in [2.75, 3.05) is 13.1 Å². The number of nitrogens with one attached hydrogen (secondary N) is 1. The highest BCUT2D eigenvalue weighted by molar-refractivity contribution is 5.79. The number of imidazole rings is 1. The molecule has 1 amide bonds. The average Bonchev–Trinajstić information content (AvgIpc) is 3.12. The van der Waals surface area contributed by atoms with E-state index in [0.717, 1.165) is 25.2 Å². The molecule has 1 aliphatic heterocycles. The smallest absolute Gasteiger partial charge is 0.258 e. The Hall–Kier alpha value is -2.96. The molecule has 28 heavy (non-hydrogen) atoms. The first kappa shape index (κ1) is 18.4. The SMILES string of the molecule is Cc1nccn1C[C@@H](C)C(=O)N1CCC[C@H](c2nc3ccccc3c(=O)[nH]2)C1. The molecule has 1 N–H and O–H groups in total. The fourth-order valence-electron chi connectivity index (χ4n) is 3.98. The van der Waals surface area contributed by atoms with Crippen LogP contribution in [0.15, 0.2) is 41.5 Å². The lowest BCUT2D eigenvalue weighted by atomic mass is 9.95. The van der Waals surface area contributed by atoms with Crippen molar-refractivity contribution < 1.29 is 4.79 Å². The van der Waals surface area contributed by atoms with Gasteiger partial charge in [0.2, 0.25) is 5.91 Å². The summed E-state index contributed by atoms with van der Waals surface area (Å²) in [5.74, 6) is 1.65. The zero-order valence-electron chi connectivity index (χ0n) is 16.3. The van der Waals surface area contributed by atoms with Gasteiger partial charge in [-0.1, -0.05) is 19.1 Å². The van der Waals surface area contributed by atoms with Crippen molar-refractivity contribution in [3.63, 3.8) is 0 Å². The van der Waals surface area contributed by atoms with Gasteiger partial charge < -0.3 is 14.5 Å². The van der Waals surface area contributed by atoms with Crippen molar-refractivity contribution in [3.05, 3.63) is 58.7 Å². The number of carbonyl (C=O) groups is 1. The number of aryl methyl sites for hydroxylation is 1. The van der Waals surface area contributed by atoms with Gasteiger partial charge in [0.05, 0.1) is 16.8 Å². The maximum atomic E-state index is 13.0. The maximum absolute atomic E-state index is 13.0. The van der Waals surface area contributed by atoms with E-state index in [1.807, 2.05) is 47.7 Å². The van der Waals surface area contributed by atoms with Gasteiger partial charge in [-0.15, -0.1) is 0 Å². The summed E-state index contributed by atoms with van der Waals surface area (Å²) < 4.78 is 2.01. The van der Waals surface area contributed by atoms with Gasteiger partial charge in [-0.3, -0.25) is 9.59 Å². The molecule has 0 aliphatic carbocycles. The zero-order valence-corrected chi connectivity index (χ0v) is 16.3. The number of hydrogen-bond acceptors (Lipinski definition) is 4. The quantitative estimate of drug-likeness (QED) is 0.755. The lowest BCUT2D eigenvalue weighted by molar-refractivity contribution is -0.136. The molecule has 1 saturated heterocycles. The second-order valence-corrected chi connectivity index (χ2v) is 7.62. The third-order valence-corrected chi connectivity index (χ3v) is 5.57. The van der Waals surface area contributed by atoms with Crippen LogP contribution in [0.25, 0.3) is 10.9 Å². The summed E-state index contributed by atoms with van der Waals surface area (Å²) in [6.07, 6.45) is 5.48. The Morgan fingerprint density at radius 3 is 2.96 bits per heavy atom. The number of nitrogens with zero attached hydrogens (tertiary/aromatic N) is 4. The zero-order chi connectivity index (χ0) is 19.7. The summed E-state index contributed by atoms with van der Waals surface area (Å²) in [7, 11) is 0. The molecule has 2 aromatic heterocycles. The molecule has 1 aromatic carbocycles. The molecule has 0 spiro atoms. The lowest BCUT2D eigenvalue weighted by Crippen LogP contribution is -2.43. The summed E-state index contributed by atoms with van der Waals surface area (Å²) in [6, 6.07) is 7.36. The van der Waals surface area contributed by atoms with Gasteiger partial charge in [-0.25, -0.2) is 9.97 Å². The number of benzene rings is 1. The number of piperidine rings is 1. The van der Waals surface area contributed by atoms with Gasteiger partial charge in [-0.05, 0) is 31.9 Å². The molecule has 0 radical (unpaired) electrons. The van der Waals surface area contributed by atoms with E-state index in [-0.39, 0.29) is 23.3 Å². The van der Waals surface area contributed by atoms with Crippen molar-refractivity contribution in [1.29, 1.82) is 0 Å². The van der Waals surface area contributed by atoms with Gasteiger partial charge >= 0.3 is 0 Å². The van der Waals surface area contributed by atoms with E-state index in [0.29, 0.717) is 29.8 Å². The normalized spacial score (nSPS) is 18.4. The standard InChI is InChI=1S/C21H25N5O2/c1-14(12-25-11-9-22-15(25)2)21(28)26-10-5-6-16(13-26)19-23-18-8-4-3-7-17(18)20(27)24-19/h3-4,7-9,11,14,16H,5-6,10,12-13H2,1-2H3,(H,23,24,27)/t14-,16+/m1/s1. The van der Waals surface area contributed by atoms with E-state index < -0.39 is 0 Å². The number of aromatic nitrogens is 4. The highest BCUT2D eigenvalue weighted by Gasteiger charge is 2.29. The Bertz CT molecular complexity index is 1050. The minimum absolute atomic E-state index is 0.0530. The van der Waals surface area contributed by atoms with Crippen LogP contribution in [0.4, 0.5) is 0 Å². The molecule has 3 heterocycles. The van der Waals surface area contributed by atoms with E-state index in [9.17, 15) is 9.59 Å². The third-order valence-electron chi connectivity index (χ3n) is 5.57. The molecule has 7 nitrogen and oxygen atoms in total. The Morgan fingerprint density at radius 2 is 2.18 bits per heavy atom. The fraction of sp³-hybridized carbons (Fsp3) is 0.429. The molecule has 1 aliphatic rings. The van der Waals surface area contributed by atoms with Gasteiger partial charge in [0.15, 0.2) is 0 Å². The van der Waals surface area contributed by atoms with Crippen LogP contribution in [0.2, 0.25) is 0 Å². The maximum Gasteiger partial charge on any atom is 0.258 e. The summed E-state index contributed by atoms with van der Waals surface area (Å²) in [5, 5.41) is 0.597. The van der Waals surface area contributed by atoms with Gasteiger partial charge in [-0.2, -0.15) is 0 Å². The number of para-hydroxylation sites is 1. The predicted molar refractivity (Wildman–Crippen MR) is 107 cm³/mol. The van der Waals surface area contributed by atoms with Crippen molar-refractivity contribution in [2.24, 2.45) is 5.92 Å². The summed E-state index contributed by atoms with van der Waals surface area (Å²) in [5.41, 5.74) is 0.585. The number of hydrogen-bond donors (Lipinski definition) is 1. The van der Waals surface area contributed by atoms with E-state index >= 15 is 0 Å². The molecule has 0 unspecified atom stereocenters. The lowest BCUT2D eigenvalue weighted by Gasteiger charge is -2.34. The van der Waals surface area contributed by atoms with E-state index in [2.05, 4.69) is 15.0 Å². The van der Waals surface area contributed by atoms with Crippen LogP contribution in [0.5, 0.6) is 0 Å². The number of aromatic amines is 1. The molecule has 2 atom stereocenters. The topological polar surface area (TPSA) is 83.9 Å². The van der Waals surface area contributed by atoms with Crippen molar-refractivity contribution in [3.8, 4) is 0 Å². The molecule has 0 saturated carbocycles. The summed E-state index contributed by atoms with van der Waals surface area (Å²) in [4.78, 5) is 39.1. The fourth-order valence-corrected chi connectivity index (χ4v) is 3.98. The van der Waals surface area contributed by atoms with Crippen LogP contribution in [-0.2, 0) is 11.3 Å². The molecular formula is C21H25N5O2. The predicted octanol–water partition coefficient (Wildman–Crippen LogP) is 2.47. The number of likely N-dealkylation sites (tertiary alicyclic amines) is 1. The molecule has 1 fully saturated rings. The molecule has 4 rings (SSSR count). The van der Waals surface area contributed by atoms with Gasteiger partial charge in [0, 0.05) is 37.9 Å². The summed E-state index contributed by atoms with van der Waals surface area (Å²) >= 11 is 0. The monoisotopic (exact) mass is 379 g/mol. The number of carbonyl (C=O) groups excluding carboxylic acids is 1. The Labute approximate surface area is 163 Å². The second kappa shape index (κ2) is 7.58. The average molecular weight is 379 g/mol. The van der Waals surface area contributed by atoms with Crippen molar-refractivity contribution >= 4 is 16.8 Å². The van der Waals surface area contributed by atoms with Crippen LogP contribution in [0.3, 0.4) is 0 Å². The Morgan fingerprint density at radius 1 is 1.36 bits per heavy atom. The van der Waals surface area contributed by atoms with Gasteiger partial charge in [0.25, 0.3) is 5.56 Å². The van der Waals surface area contributed by atoms with Crippen LogP contribution < -0.4 is 5.56 Å². The number of fused-ring (bicyclic) bond motifs is 1. The van der Waals surface area contributed by atoms with E-state index in [1.54, 1.807) is 12.3 Å². The molecule has 0 bridgehead atoms. The Balaban J connectivity index is 1.50. The minimum atomic E-state index is -0.129. The third kappa shape index (κ3) is 3.56. The van der Waals surface area contributed by atoms with Crippen LogP contribution in [-0.4, -0.2) is 43.4 Å². The largest absolute Gasteiger partial charge is 0.342 e. The number of amides is 1. The first-order chi connectivity index (χ1) is 13.5. The summed E-state index contributed by atoms with van der Waals surface area (Å²) in [6.45, 7) is 5.86. The van der Waals surface area contributed by atoms with Gasteiger partial charge in [0.1, 0.15) is 11.6 Å². The molecule has 146 valence electrons. The van der Waals surface area contributed by atoms with Crippen LogP contribution >= 0.6 is 0 Å². The molecular weight excluding hydrogens is 354 g/mol. The van der Waals surface area contributed by atoms with E-state index in [1.165, 1.54) is 0 Å². The molecule has 7 heteroatoms. The second-order valence-electron chi connectivity index (χ2n) is 7.62. The number of H-pyrrole nitrogens is 1. The first-order valence-corrected chi connectivity index (χ1v) is 9.78. The van der Waals surface area contributed by atoms with Crippen LogP contribution in [0, 0.1) is 12.8 Å². The van der Waals surface area contributed by atoms with Crippen LogP contribution in [0.1, 0.15) is 37.3 Å². The van der Waals surface area contributed by atoms with Crippen molar-refractivity contribution in [1.82, 2.24) is 24.4 Å². The van der Waals surface area contributed by atoms with Crippen molar-refractivity contribution in [2.45, 2.75) is 39.2 Å². The number of rotatable bonds is 4. The highest BCUT2D eigenvalue weighted by atomic mass is 16.2. The Kier molecular flexibility index (Phi) is 4.98. The molecule has 3 aromatic rings. The van der Waals surface area contributed by atoms with E-state index in [4.69, 9.17) is 0 Å². The highest BCUT2D eigenvalue weighted by Crippen LogP contribution is 2.26. The first-order valence-electron chi connectivity index (χ1n) is 9.78. The minimum Gasteiger partial charge on any atom is -0.342 e.